The summed E-state index contributed by atoms with van der Waals surface area (Å²) in [4.78, 5) is 13.4. The lowest BCUT2D eigenvalue weighted by atomic mass is 9.93. The fourth-order valence-electron chi connectivity index (χ4n) is 1.51. The van der Waals surface area contributed by atoms with Gasteiger partial charge in [-0.2, -0.15) is 0 Å². The standard InChI is InChI=1S/C11H16N2O3/c1-11(2,3)9-4-8(12-16-9)10(15)13-5-7(14)6-13/h4,7,14H,5-6H2,1-3H3. The maximum Gasteiger partial charge on any atom is 0.276 e. The number of carbonyl (C=O) groups excluding carboxylic acids is 1. The summed E-state index contributed by atoms with van der Waals surface area (Å²) in [5.74, 6) is 0.515. The Labute approximate surface area is 94.0 Å². The van der Waals surface area contributed by atoms with Gasteiger partial charge in [-0.1, -0.05) is 25.9 Å². The highest BCUT2D eigenvalue weighted by molar-refractivity contribution is 5.92. The Kier molecular flexibility index (Phi) is 2.50. The molecule has 5 heteroatoms. The van der Waals surface area contributed by atoms with Crippen LogP contribution in [0.5, 0.6) is 0 Å². The number of hydrogen-bond acceptors (Lipinski definition) is 4. The molecule has 0 atom stereocenters. The predicted molar refractivity (Wildman–Crippen MR) is 57.1 cm³/mol. The number of aliphatic hydroxyl groups is 1. The summed E-state index contributed by atoms with van der Waals surface area (Å²) in [5.41, 5.74) is 0.164. The Morgan fingerprint density at radius 1 is 1.56 bits per heavy atom. The lowest BCUT2D eigenvalue weighted by molar-refractivity contribution is 0.00524. The monoisotopic (exact) mass is 224 g/mol. The number of aromatic nitrogens is 1. The van der Waals surface area contributed by atoms with Gasteiger partial charge >= 0.3 is 0 Å². The largest absolute Gasteiger partial charge is 0.389 e. The highest BCUT2D eigenvalue weighted by Gasteiger charge is 2.32. The molecule has 1 amide bonds. The number of aliphatic hydroxyl groups excluding tert-OH is 1. The van der Waals surface area contributed by atoms with E-state index in [-0.39, 0.29) is 11.3 Å². The van der Waals surface area contributed by atoms with Gasteiger partial charge in [0.15, 0.2) is 5.69 Å². The second kappa shape index (κ2) is 3.59. The van der Waals surface area contributed by atoms with Gasteiger partial charge in [-0.05, 0) is 0 Å². The van der Waals surface area contributed by atoms with Crippen LogP contribution < -0.4 is 0 Å². The van der Waals surface area contributed by atoms with Crippen LogP contribution in [0.3, 0.4) is 0 Å². The van der Waals surface area contributed by atoms with Crippen LogP contribution in [-0.4, -0.2) is 40.3 Å². The van der Waals surface area contributed by atoms with Gasteiger partial charge in [-0.3, -0.25) is 4.79 Å². The topological polar surface area (TPSA) is 66.6 Å². The fourth-order valence-corrected chi connectivity index (χ4v) is 1.51. The SMILES string of the molecule is CC(C)(C)c1cc(C(=O)N2CC(O)C2)no1. The maximum atomic E-state index is 11.8. The minimum absolute atomic E-state index is 0.153. The van der Waals surface area contributed by atoms with Crippen LogP contribution in [0.4, 0.5) is 0 Å². The Morgan fingerprint density at radius 3 is 2.62 bits per heavy atom. The molecule has 88 valence electrons. The maximum absolute atomic E-state index is 11.8. The van der Waals surface area contributed by atoms with Crippen LogP contribution in [0.1, 0.15) is 37.0 Å². The molecule has 1 N–H and O–H groups in total. The average Bonchev–Trinajstić information content (AvgIpc) is 2.59. The van der Waals surface area contributed by atoms with E-state index in [0.717, 1.165) is 0 Å². The number of likely N-dealkylation sites (tertiary alicyclic amines) is 1. The van der Waals surface area contributed by atoms with Crippen molar-refractivity contribution in [2.45, 2.75) is 32.3 Å². The summed E-state index contributed by atoms with van der Waals surface area (Å²) in [5, 5.41) is 12.9. The fraction of sp³-hybridized carbons (Fsp3) is 0.636. The van der Waals surface area contributed by atoms with Crippen LogP contribution in [0.25, 0.3) is 0 Å². The molecule has 0 aliphatic carbocycles. The second-order valence-electron chi connectivity index (χ2n) is 5.19. The van der Waals surface area contributed by atoms with Crippen molar-refractivity contribution >= 4 is 5.91 Å². The van der Waals surface area contributed by atoms with Gasteiger partial charge in [0.05, 0.1) is 6.10 Å². The zero-order valence-corrected chi connectivity index (χ0v) is 9.73. The summed E-state index contributed by atoms with van der Waals surface area (Å²) in [6.07, 6.45) is -0.391. The molecule has 0 saturated carbocycles. The Hall–Kier alpha value is -1.36. The third kappa shape index (κ3) is 1.95. The molecule has 16 heavy (non-hydrogen) atoms. The third-order valence-electron chi connectivity index (χ3n) is 2.62. The molecule has 0 spiro atoms. The van der Waals surface area contributed by atoms with E-state index >= 15 is 0 Å². The Morgan fingerprint density at radius 2 is 2.19 bits per heavy atom. The van der Waals surface area contributed by atoms with Crippen LogP contribution in [0.2, 0.25) is 0 Å². The highest BCUT2D eigenvalue weighted by atomic mass is 16.5. The normalized spacial score (nSPS) is 17.4. The molecule has 0 radical (unpaired) electrons. The smallest absolute Gasteiger partial charge is 0.276 e. The summed E-state index contributed by atoms with van der Waals surface area (Å²) in [6.45, 7) is 6.76. The van der Waals surface area contributed by atoms with Crippen LogP contribution in [0, 0.1) is 0 Å². The molecule has 1 aromatic heterocycles. The second-order valence-corrected chi connectivity index (χ2v) is 5.19. The van der Waals surface area contributed by atoms with E-state index in [0.29, 0.717) is 24.5 Å². The molecule has 2 heterocycles. The molecule has 1 aliphatic heterocycles. The van der Waals surface area contributed by atoms with Crippen LogP contribution in [-0.2, 0) is 5.41 Å². The van der Waals surface area contributed by atoms with Crippen molar-refractivity contribution in [3.63, 3.8) is 0 Å². The molecule has 2 rings (SSSR count). The van der Waals surface area contributed by atoms with Crippen molar-refractivity contribution in [3.05, 3.63) is 17.5 Å². The van der Waals surface area contributed by atoms with Gasteiger partial charge in [0, 0.05) is 24.6 Å². The predicted octanol–water partition coefficient (Wildman–Crippen LogP) is 0.789. The molecular formula is C11H16N2O3. The molecular weight excluding hydrogens is 208 g/mol. The summed E-state index contributed by atoms with van der Waals surface area (Å²) >= 11 is 0. The molecule has 0 bridgehead atoms. The van der Waals surface area contributed by atoms with E-state index in [1.807, 2.05) is 20.8 Å². The van der Waals surface area contributed by atoms with Gasteiger partial charge < -0.3 is 14.5 Å². The number of rotatable bonds is 1. The molecule has 1 saturated heterocycles. The molecule has 5 nitrogen and oxygen atoms in total. The van der Waals surface area contributed by atoms with E-state index in [1.54, 1.807) is 11.0 Å². The first kappa shape index (κ1) is 11.1. The van der Waals surface area contributed by atoms with E-state index in [2.05, 4.69) is 5.16 Å². The first-order valence-corrected chi connectivity index (χ1v) is 5.32. The third-order valence-corrected chi connectivity index (χ3v) is 2.62. The highest BCUT2D eigenvalue weighted by Crippen LogP contribution is 2.23. The quantitative estimate of drug-likeness (QED) is 0.765. The van der Waals surface area contributed by atoms with E-state index in [9.17, 15) is 4.79 Å². The lowest BCUT2D eigenvalue weighted by Crippen LogP contribution is -2.53. The van der Waals surface area contributed by atoms with Crippen LogP contribution in [0.15, 0.2) is 10.6 Å². The number of carbonyl (C=O) groups is 1. The van der Waals surface area contributed by atoms with Gasteiger partial charge in [0.2, 0.25) is 0 Å². The Balaban J connectivity index is 2.10. The van der Waals surface area contributed by atoms with Crippen molar-refractivity contribution in [2.24, 2.45) is 0 Å². The summed E-state index contributed by atoms with van der Waals surface area (Å²) < 4.78 is 5.14. The van der Waals surface area contributed by atoms with Crippen LogP contribution >= 0.6 is 0 Å². The van der Waals surface area contributed by atoms with E-state index in [4.69, 9.17) is 9.63 Å². The zero-order valence-electron chi connectivity index (χ0n) is 9.73. The summed E-state index contributed by atoms with van der Waals surface area (Å²) in [7, 11) is 0. The number of β-amino-alcohol motifs (C(OH)–C–C–N with tert-alkyl or cyclic N) is 1. The van der Waals surface area contributed by atoms with Gasteiger partial charge in [-0.15, -0.1) is 0 Å². The first-order chi connectivity index (χ1) is 7.38. The zero-order chi connectivity index (χ0) is 11.9. The molecule has 0 aromatic carbocycles. The Bertz CT molecular complexity index is 400. The number of amides is 1. The molecule has 1 fully saturated rings. The van der Waals surface area contributed by atoms with Gasteiger partial charge in [0.25, 0.3) is 5.91 Å². The molecule has 1 aliphatic rings. The lowest BCUT2D eigenvalue weighted by Gasteiger charge is -2.35. The minimum atomic E-state index is -0.391. The summed E-state index contributed by atoms with van der Waals surface area (Å²) in [6, 6.07) is 1.67. The molecule has 1 aromatic rings. The van der Waals surface area contributed by atoms with E-state index < -0.39 is 6.10 Å². The number of hydrogen-bond donors (Lipinski definition) is 1. The average molecular weight is 224 g/mol. The minimum Gasteiger partial charge on any atom is -0.389 e. The van der Waals surface area contributed by atoms with E-state index in [1.165, 1.54) is 0 Å². The first-order valence-electron chi connectivity index (χ1n) is 5.32. The van der Waals surface area contributed by atoms with Gasteiger partial charge in [0.1, 0.15) is 5.76 Å². The van der Waals surface area contributed by atoms with Crippen molar-refractivity contribution < 1.29 is 14.4 Å². The molecule has 0 unspecified atom stereocenters. The number of nitrogens with zero attached hydrogens (tertiary/aromatic N) is 2. The van der Waals surface area contributed by atoms with Crippen molar-refractivity contribution in [1.29, 1.82) is 0 Å². The van der Waals surface area contributed by atoms with Crippen molar-refractivity contribution in [1.82, 2.24) is 10.1 Å². The van der Waals surface area contributed by atoms with Crippen molar-refractivity contribution in [2.75, 3.05) is 13.1 Å². The van der Waals surface area contributed by atoms with Crippen molar-refractivity contribution in [3.8, 4) is 0 Å². The van der Waals surface area contributed by atoms with Gasteiger partial charge in [-0.25, -0.2) is 0 Å².